The highest BCUT2D eigenvalue weighted by molar-refractivity contribution is 5.99. The van der Waals surface area contributed by atoms with Crippen LogP contribution in [0, 0.1) is 11.3 Å². The van der Waals surface area contributed by atoms with Crippen molar-refractivity contribution < 1.29 is 32.2 Å². The van der Waals surface area contributed by atoms with Crippen molar-refractivity contribution in [1.82, 2.24) is 0 Å². The molecule has 0 N–H and O–H groups in total. The predicted molar refractivity (Wildman–Crippen MR) is 54.6 cm³/mol. The number of esters is 1. The maximum atomic E-state index is 12.1. The van der Waals surface area contributed by atoms with Gasteiger partial charge in [0.15, 0.2) is 6.29 Å². The lowest BCUT2D eigenvalue weighted by atomic mass is 10.0. The summed E-state index contributed by atoms with van der Waals surface area (Å²) in [6.45, 7) is 0. The Labute approximate surface area is 105 Å². The van der Waals surface area contributed by atoms with E-state index >= 15 is 0 Å². The van der Waals surface area contributed by atoms with E-state index in [4.69, 9.17) is 5.26 Å². The van der Waals surface area contributed by atoms with Gasteiger partial charge >= 0.3 is 12.3 Å². The van der Waals surface area contributed by atoms with Crippen LogP contribution in [-0.4, -0.2) is 25.7 Å². The Morgan fingerprint density at radius 2 is 2.05 bits per heavy atom. The quantitative estimate of drug-likeness (QED) is 0.622. The summed E-state index contributed by atoms with van der Waals surface area (Å²) in [7, 11) is 1.03. The average molecular weight is 273 g/mol. The summed E-state index contributed by atoms with van der Waals surface area (Å²) in [5, 5.41) is 8.72. The summed E-state index contributed by atoms with van der Waals surface area (Å²) in [5.41, 5.74) is -1.23. The maximum absolute atomic E-state index is 12.1. The molecule has 100 valence electrons. The molecule has 0 unspecified atom stereocenters. The van der Waals surface area contributed by atoms with Crippen molar-refractivity contribution in [2.45, 2.75) is 6.36 Å². The minimum Gasteiger partial charge on any atom is -0.465 e. The largest absolute Gasteiger partial charge is 0.573 e. The van der Waals surface area contributed by atoms with Gasteiger partial charge in [0.2, 0.25) is 0 Å². The van der Waals surface area contributed by atoms with Crippen LogP contribution in [0.2, 0.25) is 0 Å². The zero-order valence-corrected chi connectivity index (χ0v) is 9.45. The molecule has 0 amide bonds. The van der Waals surface area contributed by atoms with E-state index in [1.807, 2.05) is 0 Å². The van der Waals surface area contributed by atoms with Crippen LogP contribution in [0.3, 0.4) is 0 Å². The Balaban J connectivity index is 3.40. The second kappa shape index (κ2) is 5.39. The van der Waals surface area contributed by atoms with Gasteiger partial charge in [0.1, 0.15) is 11.8 Å². The molecule has 19 heavy (non-hydrogen) atoms. The topological polar surface area (TPSA) is 76.4 Å². The molecule has 1 rings (SSSR count). The third kappa shape index (κ3) is 3.45. The number of ether oxygens (including phenoxy) is 2. The number of nitrogens with zero attached hydrogens (tertiary/aromatic N) is 1. The molecule has 0 saturated carbocycles. The lowest BCUT2D eigenvalue weighted by Gasteiger charge is -2.12. The summed E-state index contributed by atoms with van der Waals surface area (Å²) in [5.74, 6) is -1.80. The minimum atomic E-state index is -5.02. The molecule has 1 aromatic rings. The van der Waals surface area contributed by atoms with E-state index in [1.165, 1.54) is 6.07 Å². The summed E-state index contributed by atoms with van der Waals surface area (Å²) in [6.07, 6.45) is -4.85. The molecular formula is C11H6F3NO4. The zero-order chi connectivity index (χ0) is 14.6. The number of carbonyl (C=O) groups excluding carboxylic acids is 2. The van der Waals surface area contributed by atoms with Crippen LogP contribution < -0.4 is 4.74 Å². The Morgan fingerprint density at radius 3 is 2.47 bits per heavy atom. The van der Waals surface area contributed by atoms with Crippen molar-refractivity contribution in [2.24, 2.45) is 0 Å². The standard InChI is InChI=1S/C11H6F3NO4/c1-18-10(17)8-2-6(4-15)9(3-7(8)5-16)19-11(12,13)14/h2-3,5H,1H3. The van der Waals surface area contributed by atoms with Crippen molar-refractivity contribution in [3.63, 3.8) is 0 Å². The molecule has 8 heteroatoms. The molecule has 0 bridgehead atoms. The van der Waals surface area contributed by atoms with Crippen LogP contribution in [0.1, 0.15) is 26.3 Å². The average Bonchev–Trinajstić information content (AvgIpc) is 2.35. The van der Waals surface area contributed by atoms with Gasteiger partial charge < -0.3 is 9.47 Å². The second-order valence-corrected chi connectivity index (χ2v) is 3.20. The van der Waals surface area contributed by atoms with Crippen molar-refractivity contribution in [3.8, 4) is 11.8 Å². The molecule has 0 spiro atoms. The number of hydrogen-bond acceptors (Lipinski definition) is 5. The molecule has 0 atom stereocenters. The van der Waals surface area contributed by atoms with E-state index in [-0.39, 0.29) is 17.4 Å². The Morgan fingerprint density at radius 1 is 1.42 bits per heavy atom. The minimum absolute atomic E-state index is 0.163. The normalized spacial score (nSPS) is 10.5. The first-order chi connectivity index (χ1) is 8.82. The van der Waals surface area contributed by atoms with Gasteiger partial charge in [0, 0.05) is 5.56 Å². The SMILES string of the molecule is COC(=O)c1cc(C#N)c(OC(F)(F)F)cc1C=O. The van der Waals surface area contributed by atoms with E-state index in [2.05, 4.69) is 9.47 Å². The third-order valence-electron chi connectivity index (χ3n) is 2.03. The molecule has 1 aromatic carbocycles. The lowest BCUT2D eigenvalue weighted by molar-refractivity contribution is -0.274. The zero-order valence-electron chi connectivity index (χ0n) is 9.45. The first kappa shape index (κ1) is 14.5. The van der Waals surface area contributed by atoms with Gasteiger partial charge in [-0.25, -0.2) is 4.79 Å². The Hall–Kier alpha value is -2.56. The molecule has 0 aliphatic heterocycles. The lowest BCUT2D eigenvalue weighted by Crippen LogP contribution is -2.18. The molecule has 0 aliphatic rings. The van der Waals surface area contributed by atoms with Crippen molar-refractivity contribution >= 4 is 12.3 Å². The third-order valence-corrected chi connectivity index (χ3v) is 2.03. The molecule has 0 saturated heterocycles. The van der Waals surface area contributed by atoms with Crippen LogP contribution in [0.15, 0.2) is 12.1 Å². The molecule has 0 heterocycles. The van der Waals surface area contributed by atoms with Gasteiger partial charge in [0.05, 0.1) is 18.2 Å². The molecule has 0 radical (unpaired) electrons. The molecule has 0 aliphatic carbocycles. The first-order valence-corrected chi connectivity index (χ1v) is 4.69. The van der Waals surface area contributed by atoms with Crippen LogP contribution in [0.5, 0.6) is 5.75 Å². The fourth-order valence-electron chi connectivity index (χ4n) is 1.28. The van der Waals surface area contributed by atoms with Crippen LogP contribution in [0.25, 0.3) is 0 Å². The van der Waals surface area contributed by atoms with E-state index in [0.717, 1.165) is 13.2 Å². The first-order valence-electron chi connectivity index (χ1n) is 4.69. The number of benzene rings is 1. The monoisotopic (exact) mass is 273 g/mol. The summed E-state index contributed by atoms with van der Waals surface area (Å²) < 4.78 is 44.3. The van der Waals surface area contributed by atoms with Gasteiger partial charge in [-0.15, -0.1) is 13.2 Å². The highest BCUT2D eigenvalue weighted by Crippen LogP contribution is 2.28. The fourth-order valence-corrected chi connectivity index (χ4v) is 1.28. The van der Waals surface area contributed by atoms with Crippen molar-refractivity contribution in [1.29, 1.82) is 5.26 Å². The number of hydrogen-bond donors (Lipinski definition) is 0. The number of halogens is 3. The summed E-state index contributed by atoms with van der Waals surface area (Å²) in [4.78, 5) is 22.0. The number of alkyl halides is 3. The molecule has 0 fully saturated rings. The molecule has 5 nitrogen and oxygen atoms in total. The van der Waals surface area contributed by atoms with Crippen molar-refractivity contribution in [2.75, 3.05) is 7.11 Å². The number of carbonyl (C=O) groups is 2. The van der Waals surface area contributed by atoms with E-state index in [1.54, 1.807) is 0 Å². The Bertz CT molecular complexity index is 560. The number of rotatable bonds is 3. The number of nitriles is 1. The van der Waals surface area contributed by atoms with E-state index in [0.29, 0.717) is 6.07 Å². The van der Waals surface area contributed by atoms with E-state index < -0.39 is 23.6 Å². The van der Waals surface area contributed by atoms with Gasteiger partial charge in [-0.05, 0) is 12.1 Å². The van der Waals surface area contributed by atoms with Gasteiger partial charge in [-0.3, -0.25) is 4.79 Å². The second-order valence-electron chi connectivity index (χ2n) is 3.20. The number of aldehydes is 1. The molecule has 0 aromatic heterocycles. The van der Waals surface area contributed by atoms with Gasteiger partial charge in [0.25, 0.3) is 0 Å². The van der Waals surface area contributed by atoms with Crippen molar-refractivity contribution in [3.05, 3.63) is 28.8 Å². The van der Waals surface area contributed by atoms with Gasteiger partial charge in [-0.1, -0.05) is 0 Å². The Kier molecular flexibility index (Phi) is 4.11. The summed E-state index contributed by atoms with van der Waals surface area (Å²) in [6, 6.07) is 2.90. The highest BCUT2D eigenvalue weighted by atomic mass is 19.4. The smallest absolute Gasteiger partial charge is 0.465 e. The molecular weight excluding hydrogens is 267 g/mol. The predicted octanol–water partition coefficient (Wildman–Crippen LogP) is 2.06. The van der Waals surface area contributed by atoms with E-state index in [9.17, 15) is 22.8 Å². The highest BCUT2D eigenvalue weighted by Gasteiger charge is 2.33. The van der Waals surface area contributed by atoms with Crippen LogP contribution in [0.4, 0.5) is 13.2 Å². The summed E-state index contributed by atoms with van der Waals surface area (Å²) >= 11 is 0. The van der Waals surface area contributed by atoms with Gasteiger partial charge in [-0.2, -0.15) is 5.26 Å². The number of methoxy groups -OCH3 is 1. The van der Waals surface area contributed by atoms with Crippen LogP contribution >= 0.6 is 0 Å². The maximum Gasteiger partial charge on any atom is 0.573 e. The van der Waals surface area contributed by atoms with Crippen LogP contribution in [-0.2, 0) is 4.74 Å². The fraction of sp³-hybridized carbons (Fsp3) is 0.182.